The number of nitrogens with one attached hydrogen (secondary N) is 1. The highest BCUT2D eigenvalue weighted by atomic mass is 19.1. The summed E-state index contributed by atoms with van der Waals surface area (Å²) in [6, 6.07) is 5.74. The molecule has 0 saturated heterocycles. The third kappa shape index (κ3) is 5.10. The first-order chi connectivity index (χ1) is 8.67. The molecule has 0 spiro atoms. The normalized spacial score (nSPS) is 14.4. The van der Waals surface area contributed by atoms with E-state index in [1.165, 1.54) is 12.1 Å². The Morgan fingerprint density at radius 1 is 1.33 bits per heavy atom. The van der Waals surface area contributed by atoms with Crippen molar-refractivity contribution in [1.29, 1.82) is 0 Å². The number of ether oxygens (including phenoxy) is 1. The molecule has 1 rings (SSSR count). The molecule has 0 aromatic heterocycles. The minimum Gasteiger partial charge on any atom is -0.396 e. The van der Waals surface area contributed by atoms with Crippen molar-refractivity contribution < 1.29 is 19.3 Å². The van der Waals surface area contributed by atoms with Crippen LogP contribution in [0, 0.1) is 5.82 Å². The van der Waals surface area contributed by atoms with Crippen molar-refractivity contribution in [3.8, 4) is 0 Å². The fourth-order valence-corrected chi connectivity index (χ4v) is 1.68. The lowest BCUT2D eigenvalue weighted by Crippen LogP contribution is -2.36. The number of methoxy groups -OCH3 is 1. The van der Waals surface area contributed by atoms with Crippen LogP contribution in [-0.2, 0) is 4.74 Å². The fourth-order valence-electron chi connectivity index (χ4n) is 1.68. The molecule has 0 aliphatic rings. The van der Waals surface area contributed by atoms with Gasteiger partial charge in [0.25, 0.3) is 0 Å². The summed E-state index contributed by atoms with van der Waals surface area (Å²) in [5.41, 5.74) is 0.657. The van der Waals surface area contributed by atoms with Gasteiger partial charge in [0.1, 0.15) is 5.82 Å². The van der Waals surface area contributed by atoms with Crippen LogP contribution in [0.2, 0.25) is 0 Å². The predicted octanol–water partition coefficient (Wildman–Crippen LogP) is 0.846. The Morgan fingerprint density at radius 3 is 2.56 bits per heavy atom. The monoisotopic (exact) mass is 257 g/mol. The zero-order valence-corrected chi connectivity index (χ0v) is 10.5. The molecule has 2 atom stereocenters. The van der Waals surface area contributed by atoms with E-state index in [0.717, 1.165) is 0 Å². The molecule has 102 valence electrons. The van der Waals surface area contributed by atoms with Gasteiger partial charge in [-0.3, -0.25) is 0 Å². The molecular formula is C13H20FNO3. The number of halogens is 1. The lowest BCUT2D eigenvalue weighted by Gasteiger charge is -2.19. The van der Waals surface area contributed by atoms with Crippen LogP contribution >= 0.6 is 0 Å². The van der Waals surface area contributed by atoms with Crippen LogP contribution in [-0.4, -0.2) is 43.1 Å². The van der Waals surface area contributed by atoms with Gasteiger partial charge in [0.2, 0.25) is 0 Å². The number of aliphatic hydroxyl groups is 2. The molecule has 1 aromatic rings. The summed E-state index contributed by atoms with van der Waals surface area (Å²) in [4.78, 5) is 0. The van der Waals surface area contributed by atoms with Crippen molar-refractivity contribution in [2.45, 2.75) is 18.6 Å². The van der Waals surface area contributed by atoms with Gasteiger partial charge in [0, 0.05) is 26.3 Å². The number of hydrogen-bond donors (Lipinski definition) is 3. The van der Waals surface area contributed by atoms with Crippen molar-refractivity contribution in [3.05, 3.63) is 35.6 Å². The van der Waals surface area contributed by atoms with Crippen LogP contribution in [0.1, 0.15) is 18.1 Å². The SMILES string of the molecule is COCC(CCO)NCC(O)c1ccc(F)cc1. The van der Waals surface area contributed by atoms with E-state index in [4.69, 9.17) is 9.84 Å². The van der Waals surface area contributed by atoms with Crippen molar-refractivity contribution in [3.63, 3.8) is 0 Å². The lowest BCUT2D eigenvalue weighted by atomic mass is 10.1. The highest BCUT2D eigenvalue weighted by Crippen LogP contribution is 2.12. The maximum atomic E-state index is 12.7. The second-order valence-corrected chi connectivity index (χ2v) is 4.14. The quantitative estimate of drug-likeness (QED) is 0.646. The average molecular weight is 257 g/mol. The molecule has 4 nitrogen and oxygen atoms in total. The maximum Gasteiger partial charge on any atom is 0.123 e. The molecule has 0 fully saturated rings. The third-order valence-corrected chi connectivity index (χ3v) is 2.70. The van der Waals surface area contributed by atoms with Crippen molar-refractivity contribution in [2.24, 2.45) is 0 Å². The van der Waals surface area contributed by atoms with Crippen LogP contribution in [0.3, 0.4) is 0 Å². The molecule has 0 heterocycles. The summed E-state index contributed by atoms with van der Waals surface area (Å²) in [6.07, 6.45) is -0.145. The summed E-state index contributed by atoms with van der Waals surface area (Å²) in [6.45, 7) is 0.865. The minimum absolute atomic E-state index is 0.00454. The van der Waals surface area contributed by atoms with Gasteiger partial charge in [-0.15, -0.1) is 0 Å². The molecule has 0 amide bonds. The molecule has 0 saturated carbocycles. The molecule has 0 bridgehead atoms. The Kier molecular flexibility index (Phi) is 6.82. The molecule has 0 radical (unpaired) electrons. The second kappa shape index (κ2) is 8.16. The topological polar surface area (TPSA) is 61.7 Å². The van der Waals surface area contributed by atoms with Gasteiger partial charge in [-0.1, -0.05) is 12.1 Å². The van der Waals surface area contributed by atoms with Crippen molar-refractivity contribution in [2.75, 3.05) is 26.9 Å². The van der Waals surface area contributed by atoms with E-state index >= 15 is 0 Å². The van der Waals surface area contributed by atoms with Gasteiger partial charge in [0.15, 0.2) is 0 Å². The highest BCUT2D eigenvalue weighted by Gasteiger charge is 2.12. The molecular weight excluding hydrogens is 237 g/mol. The van der Waals surface area contributed by atoms with E-state index in [9.17, 15) is 9.50 Å². The predicted molar refractivity (Wildman–Crippen MR) is 66.7 cm³/mol. The van der Waals surface area contributed by atoms with E-state index in [0.29, 0.717) is 25.1 Å². The van der Waals surface area contributed by atoms with Crippen LogP contribution in [0.4, 0.5) is 4.39 Å². The van der Waals surface area contributed by atoms with Crippen molar-refractivity contribution in [1.82, 2.24) is 5.32 Å². The standard InChI is InChI=1S/C13H20FNO3/c1-18-9-12(6-7-16)15-8-13(17)10-2-4-11(14)5-3-10/h2-5,12-13,15-17H,6-9H2,1H3. The number of aliphatic hydroxyl groups excluding tert-OH is 2. The lowest BCUT2D eigenvalue weighted by molar-refractivity contribution is 0.127. The van der Waals surface area contributed by atoms with Crippen LogP contribution in [0.25, 0.3) is 0 Å². The van der Waals surface area contributed by atoms with Gasteiger partial charge in [-0.2, -0.15) is 0 Å². The maximum absolute atomic E-state index is 12.7. The molecule has 1 aromatic carbocycles. The van der Waals surface area contributed by atoms with Crippen LogP contribution in [0.15, 0.2) is 24.3 Å². The van der Waals surface area contributed by atoms with Gasteiger partial charge < -0.3 is 20.3 Å². The summed E-state index contributed by atoms with van der Waals surface area (Å²) in [5.74, 6) is -0.323. The fraction of sp³-hybridized carbons (Fsp3) is 0.538. The molecule has 5 heteroatoms. The largest absolute Gasteiger partial charge is 0.396 e. The Morgan fingerprint density at radius 2 is 2.00 bits per heavy atom. The van der Waals surface area contributed by atoms with Gasteiger partial charge in [0.05, 0.1) is 12.7 Å². The van der Waals surface area contributed by atoms with E-state index < -0.39 is 6.10 Å². The minimum atomic E-state index is -0.705. The first kappa shape index (κ1) is 15.0. The second-order valence-electron chi connectivity index (χ2n) is 4.14. The van der Waals surface area contributed by atoms with E-state index in [-0.39, 0.29) is 18.5 Å². The molecule has 0 aliphatic heterocycles. The summed E-state index contributed by atoms with van der Waals surface area (Å²) < 4.78 is 17.7. The summed E-state index contributed by atoms with van der Waals surface area (Å²) >= 11 is 0. The zero-order chi connectivity index (χ0) is 13.4. The molecule has 0 aliphatic carbocycles. The number of hydrogen-bond acceptors (Lipinski definition) is 4. The van der Waals surface area contributed by atoms with Gasteiger partial charge in [-0.25, -0.2) is 4.39 Å². The Hall–Kier alpha value is -1.01. The van der Waals surface area contributed by atoms with E-state index in [1.54, 1.807) is 19.2 Å². The highest BCUT2D eigenvalue weighted by molar-refractivity contribution is 5.18. The van der Waals surface area contributed by atoms with E-state index in [1.807, 2.05) is 0 Å². The van der Waals surface area contributed by atoms with Crippen LogP contribution in [0.5, 0.6) is 0 Å². The number of benzene rings is 1. The van der Waals surface area contributed by atoms with Gasteiger partial charge in [-0.05, 0) is 24.1 Å². The zero-order valence-electron chi connectivity index (χ0n) is 10.5. The summed E-state index contributed by atoms with van der Waals surface area (Å²) in [7, 11) is 1.59. The van der Waals surface area contributed by atoms with Gasteiger partial charge >= 0.3 is 0 Å². The third-order valence-electron chi connectivity index (χ3n) is 2.70. The van der Waals surface area contributed by atoms with Crippen LogP contribution < -0.4 is 5.32 Å². The van der Waals surface area contributed by atoms with Crippen molar-refractivity contribution >= 4 is 0 Å². The molecule has 3 N–H and O–H groups in total. The molecule has 2 unspecified atom stereocenters. The molecule has 18 heavy (non-hydrogen) atoms. The number of rotatable bonds is 8. The average Bonchev–Trinajstić information content (AvgIpc) is 2.37. The summed E-state index contributed by atoms with van der Waals surface area (Å²) in [5, 5.41) is 21.9. The Bertz CT molecular complexity index is 326. The Balaban J connectivity index is 2.43. The smallest absolute Gasteiger partial charge is 0.123 e. The first-order valence-corrected chi connectivity index (χ1v) is 5.94. The Labute approximate surface area is 106 Å². The van der Waals surface area contributed by atoms with E-state index in [2.05, 4.69) is 5.32 Å². The first-order valence-electron chi connectivity index (χ1n) is 5.94.